The Hall–Kier alpha value is -3.82. The number of ether oxygens (including phenoxy) is 1. The number of aromatic amines is 2. The van der Waals surface area contributed by atoms with Crippen molar-refractivity contribution in [3.8, 4) is 5.88 Å². The van der Waals surface area contributed by atoms with Crippen molar-refractivity contribution in [2.75, 3.05) is 19.7 Å². The van der Waals surface area contributed by atoms with E-state index in [-0.39, 0.29) is 23.3 Å². The average Bonchev–Trinajstić information content (AvgIpc) is 3.42. The van der Waals surface area contributed by atoms with Crippen LogP contribution < -0.4 is 15.6 Å². The van der Waals surface area contributed by atoms with Gasteiger partial charge in [-0.1, -0.05) is 19.9 Å². The lowest BCUT2D eigenvalue weighted by Gasteiger charge is -2.33. The Balaban J connectivity index is 1.23. The maximum Gasteiger partial charge on any atom is 0.326 e. The number of piperidine rings is 1. The topological polar surface area (TPSA) is 140 Å². The van der Waals surface area contributed by atoms with Gasteiger partial charge >= 0.3 is 12.0 Å². The van der Waals surface area contributed by atoms with Crippen molar-refractivity contribution in [2.45, 2.75) is 57.4 Å². The number of nitrogens with one attached hydrogen (secondary N) is 3. The number of hydrogen-bond donors (Lipinski definition) is 4. The lowest BCUT2D eigenvalue weighted by atomic mass is 9.84. The fourth-order valence-electron chi connectivity index (χ4n) is 5.28. The number of carboxylic acids is 1. The molecule has 0 saturated carbocycles. The number of aryl methyl sites for hydroxylation is 1. The van der Waals surface area contributed by atoms with Crippen molar-refractivity contribution in [1.29, 1.82) is 0 Å². The third-order valence-electron chi connectivity index (χ3n) is 7.40. The van der Waals surface area contributed by atoms with Gasteiger partial charge in [0.15, 0.2) is 5.88 Å². The van der Waals surface area contributed by atoms with Crippen molar-refractivity contribution in [3.63, 3.8) is 0 Å². The molecule has 1 saturated heterocycles. The monoisotopic (exact) mass is 493 g/mol. The van der Waals surface area contributed by atoms with E-state index < -0.39 is 18.0 Å². The Morgan fingerprint density at radius 2 is 2.03 bits per heavy atom. The molecule has 0 bridgehead atoms. The van der Waals surface area contributed by atoms with E-state index in [1.807, 2.05) is 25.1 Å². The highest BCUT2D eigenvalue weighted by Gasteiger charge is 2.35. The number of carbonyl (C=O) groups is 2. The Morgan fingerprint density at radius 3 is 2.75 bits per heavy atom. The van der Waals surface area contributed by atoms with E-state index in [2.05, 4.69) is 34.3 Å². The van der Waals surface area contributed by atoms with Crippen LogP contribution in [0.15, 0.2) is 29.2 Å². The molecule has 0 spiro atoms. The maximum atomic E-state index is 12.9. The molecule has 0 aliphatic carbocycles. The molecule has 2 amide bonds. The maximum absolute atomic E-state index is 12.9. The first-order valence-corrected chi connectivity index (χ1v) is 12.2. The van der Waals surface area contributed by atoms with Crippen molar-refractivity contribution in [1.82, 2.24) is 25.4 Å². The van der Waals surface area contributed by atoms with Crippen molar-refractivity contribution in [3.05, 3.63) is 57.0 Å². The zero-order valence-corrected chi connectivity index (χ0v) is 20.7. The van der Waals surface area contributed by atoms with Gasteiger partial charge < -0.3 is 20.1 Å². The van der Waals surface area contributed by atoms with E-state index >= 15 is 0 Å². The Labute approximate surface area is 208 Å². The van der Waals surface area contributed by atoms with E-state index in [0.29, 0.717) is 38.4 Å². The molecule has 4 N–H and O–H groups in total. The fraction of sp³-hybridized carbons (Fsp3) is 0.462. The number of hydrogen-bond acceptors (Lipinski definition) is 5. The van der Waals surface area contributed by atoms with Gasteiger partial charge in [-0.15, -0.1) is 0 Å². The van der Waals surface area contributed by atoms with E-state index in [1.165, 1.54) is 0 Å². The molecule has 0 unspecified atom stereocenters. The summed E-state index contributed by atoms with van der Waals surface area (Å²) in [5, 5.41) is 20.3. The van der Waals surface area contributed by atoms with E-state index in [9.17, 15) is 19.5 Å². The second-order valence-corrected chi connectivity index (χ2v) is 10.5. The van der Waals surface area contributed by atoms with Crippen molar-refractivity contribution in [2.24, 2.45) is 0 Å². The summed E-state index contributed by atoms with van der Waals surface area (Å²) in [6.45, 7) is 7.52. The van der Waals surface area contributed by atoms with Crippen molar-refractivity contribution >= 4 is 22.9 Å². The molecule has 10 nitrogen and oxygen atoms in total. The predicted octanol–water partition coefficient (Wildman–Crippen LogP) is 2.81. The van der Waals surface area contributed by atoms with Gasteiger partial charge in [0, 0.05) is 41.4 Å². The zero-order chi connectivity index (χ0) is 25.6. The number of fused-ring (bicyclic) bond motifs is 2. The highest BCUT2D eigenvalue weighted by molar-refractivity contribution is 5.84. The number of H-pyrrole nitrogens is 2. The minimum Gasteiger partial charge on any atom is -0.480 e. The normalized spacial score (nSPS) is 18.0. The molecule has 4 heterocycles. The van der Waals surface area contributed by atoms with Gasteiger partial charge in [-0.3, -0.25) is 14.9 Å². The number of amides is 2. The molecule has 10 heteroatoms. The number of aliphatic carboxylic acids is 1. The molecule has 2 aliphatic rings. The molecular weight excluding hydrogens is 462 g/mol. The lowest BCUT2D eigenvalue weighted by Crippen LogP contribution is -2.50. The summed E-state index contributed by atoms with van der Waals surface area (Å²) in [5.74, 6) is -0.510. The number of nitrogens with zero attached hydrogens (tertiary/aromatic N) is 2. The molecule has 2 aliphatic heterocycles. The van der Waals surface area contributed by atoms with E-state index in [0.717, 1.165) is 33.2 Å². The summed E-state index contributed by atoms with van der Waals surface area (Å²) in [4.78, 5) is 42.1. The van der Waals surface area contributed by atoms with Crippen LogP contribution in [0.3, 0.4) is 0 Å². The summed E-state index contributed by atoms with van der Waals surface area (Å²) in [7, 11) is 0. The predicted molar refractivity (Wildman–Crippen MR) is 134 cm³/mol. The van der Waals surface area contributed by atoms with Crippen LogP contribution in [0.5, 0.6) is 5.88 Å². The second-order valence-electron chi connectivity index (χ2n) is 10.5. The smallest absolute Gasteiger partial charge is 0.326 e. The van der Waals surface area contributed by atoms with Crippen LogP contribution in [0.2, 0.25) is 0 Å². The largest absolute Gasteiger partial charge is 0.480 e. The Kier molecular flexibility index (Phi) is 5.97. The molecule has 1 fully saturated rings. The van der Waals surface area contributed by atoms with Gasteiger partial charge in [0.2, 0.25) is 0 Å². The average molecular weight is 494 g/mol. The highest BCUT2D eigenvalue weighted by Crippen LogP contribution is 2.38. The van der Waals surface area contributed by atoms with Crippen LogP contribution in [0, 0.1) is 6.92 Å². The Bertz CT molecular complexity index is 1380. The summed E-state index contributed by atoms with van der Waals surface area (Å²) in [6, 6.07) is 4.30. The first-order chi connectivity index (χ1) is 17.1. The molecule has 1 aromatic carbocycles. The number of benzene rings is 1. The molecule has 5 rings (SSSR count). The van der Waals surface area contributed by atoms with E-state index in [1.54, 1.807) is 11.1 Å². The van der Waals surface area contributed by atoms with Crippen LogP contribution in [0.25, 0.3) is 10.9 Å². The third-order valence-corrected chi connectivity index (χ3v) is 7.40. The summed E-state index contributed by atoms with van der Waals surface area (Å²) >= 11 is 0. The summed E-state index contributed by atoms with van der Waals surface area (Å²) in [5.41, 5.74) is 4.11. The highest BCUT2D eigenvalue weighted by atomic mass is 16.5. The molecule has 3 aromatic rings. The first kappa shape index (κ1) is 23.9. The summed E-state index contributed by atoms with van der Waals surface area (Å²) < 4.78 is 5.64. The number of rotatable bonds is 5. The second kappa shape index (κ2) is 9.00. The van der Waals surface area contributed by atoms with E-state index in [4.69, 9.17) is 4.74 Å². The number of aromatic nitrogens is 3. The standard InChI is InChI=1S/C26H31N5O5/c1-14-8-15(9-17-12-27-30-21(14)17)10-20(24(33)34)28-25(35)31-6-4-16(5-7-31)18-11-19-23(29-22(18)32)36-13-26(19,2)3/h8-9,11-12,16,20H,4-7,10,13H2,1-3H3,(H,27,30)(H,28,35)(H,29,32)(H,33,34)/t20-/m1/s1. The zero-order valence-electron chi connectivity index (χ0n) is 20.7. The van der Waals surface area contributed by atoms with Gasteiger partial charge in [-0.25, -0.2) is 9.59 Å². The van der Waals surface area contributed by atoms with Gasteiger partial charge in [0.25, 0.3) is 5.56 Å². The van der Waals surface area contributed by atoms with Crippen LogP contribution in [0.4, 0.5) is 4.79 Å². The van der Waals surface area contributed by atoms with Crippen LogP contribution in [0.1, 0.15) is 54.9 Å². The molecule has 36 heavy (non-hydrogen) atoms. The Morgan fingerprint density at radius 1 is 1.28 bits per heavy atom. The van der Waals surface area contributed by atoms with Gasteiger partial charge in [0.05, 0.1) is 18.3 Å². The number of pyridine rings is 1. The molecule has 0 radical (unpaired) electrons. The minimum absolute atomic E-state index is 0.0273. The van der Waals surface area contributed by atoms with Gasteiger partial charge in [-0.05, 0) is 48.9 Å². The lowest BCUT2D eigenvalue weighted by molar-refractivity contribution is -0.139. The number of carbonyl (C=O) groups excluding carboxylic acids is 1. The summed E-state index contributed by atoms with van der Waals surface area (Å²) in [6.07, 6.45) is 3.13. The van der Waals surface area contributed by atoms with Gasteiger partial charge in [-0.2, -0.15) is 5.10 Å². The molecular formula is C26H31N5O5. The molecule has 190 valence electrons. The first-order valence-electron chi connectivity index (χ1n) is 12.2. The number of urea groups is 1. The number of carboxylic acid groups (broad SMARTS) is 1. The van der Waals surface area contributed by atoms with Crippen LogP contribution >= 0.6 is 0 Å². The molecule has 2 aromatic heterocycles. The number of likely N-dealkylation sites (tertiary alicyclic amines) is 1. The minimum atomic E-state index is -1.09. The quantitative estimate of drug-likeness (QED) is 0.431. The SMILES string of the molecule is Cc1cc(C[C@@H](NC(=O)N2CCC(c3cc4c([nH]c3=O)OCC4(C)C)CC2)C(=O)O)cc2cn[nH]c12. The van der Waals surface area contributed by atoms with Crippen LogP contribution in [-0.4, -0.2) is 62.9 Å². The van der Waals surface area contributed by atoms with Crippen molar-refractivity contribution < 1.29 is 19.4 Å². The third kappa shape index (κ3) is 4.43. The van der Waals surface area contributed by atoms with Gasteiger partial charge in [0.1, 0.15) is 6.04 Å². The van der Waals surface area contributed by atoms with Crippen LogP contribution in [-0.2, 0) is 16.6 Å². The fourth-order valence-corrected chi connectivity index (χ4v) is 5.28. The molecule has 1 atom stereocenters.